The molecule has 0 fully saturated rings. The molecule has 53 valence electrons. The summed E-state index contributed by atoms with van der Waals surface area (Å²) < 4.78 is 0. The second-order valence-corrected chi connectivity index (χ2v) is 1.91. The maximum absolute atomic E-state index is 10.9. The van der Waals surface area contributed by atoms with Gasteiger partial charge in [-0.15, -0.1) is 0 Å². The lowest BCUT2D eigenvalue weighted by molar-refractivity contribution is 0.341. The third-order valence-corrected chi connectivity index (χ3v) is 1.24. The summed E-state index contributed by atoms with van der Waals surface area (Å²) in [5.74, 6) is -0.386. The summed E-state index contributed by atoms with van der Waals surface area (Å²) in [7, 11) is 0. The third-order valence-electron chi connectivity index (χ3n) is 1.24. The van der Waals surface area contributed by atoms with E-state index in [1.165, 1.54) is 18.7 Å². The molecule has 0 N–H and O–H groups in total. The molecule has 0 atom stereocenters. The summed E-state index contributed by atoms with van der Waals surface area (Å²) in [6.45, 7) is 0. The standard InChI is InChI=1S/C6H3N4O/c11-6-4-5(9-3-10-6)8-2-1-7-4/h1-3H. The molecule has 1 radical (unpaired) electrons. The lowest BCUT2D eigenvalue weighted by atomic mass is 10.5. The Morgan fingerprint density at radius 2 is 1.82 bits per heavy atom. The first-order valence-corrected chi connectivity index (χ1v) is 2.96. The van der Waals surface area contributed by atoms with Crippen molar-refractivity contribution in [1.29, 1.82) is 0 Å². The largest absolute Gasteiger partial charge is 0.300 e. The molecule has 0 saturated heterocycles. The molecule has 11 heavy (non-hydrogen) atoms. The Morgan fingerprint density at radius 3 is 2.64 bits per heavy atom. The molecular weight excluding hydrogens is 144 g/mol. The zero-order valence-corrected chi connectivity index (χ0v) is 5.43. The van der Waals surface area contributed by atoms with Crippen molar-refractivity contribution in [2.75, 3.05) is 0 Å². The number of hydrogen-bond donors (Lipinski definition) is 0. The van der Waals surface area contributed by atoms with E-state index in [2.05, 4.69) is 19.9 Å². The number of hydrogen-bond acceptors (Lipinski definition) is 4. The van der Waals surface area contributed by atoms with Crippen molar-refractivity contribution >= 4 is 11.2 Å². The Labute approximate surface area is 61.8 Å². The van der Waals surface area contributed by atoms with Crippen molar-refractivity contribution in [1.82, 2.24) is 19.9 Å². The fourth-order valence-corrected chi connectivity index (χ4v) is 0.773. The maximum Gasteiger partial charge on any atom is 0.300 e. The van der Waals surface area contributed by atoms with E-state index >= 15 is 0 Å². The molecular formula is C6H3N4O. The SMILES string of the molecule is [O]c1ncnc2nccnc12. The minimum atomic E-state index is -0.386. The van der Waals surface area contributed by atoms with Crippen LogP contribution in [0.3, 0.4) is 0 Å². The van der Waals surface area contributed by atoms with Gasteiger partial charge in [0.1, 0.15) is 6.33 Å². The van der Waals surface area contributed by atoms with Gasteiger partial charge >= 0.3 is 5.88 Å². The van der Waals surface area contributed by atoms with Crippen molar-refractivity contribution in [3.8, 4) is 5.88 Å². The molecule has 2 aromatic rings. The molecule has 0 unspecified atom stereocenters. The van der Waals surface area contributed by atoms with Gasteiger partial charge in [-0.25, -0.2) is 15.0 Å². The van der Waals surface area contributed by atoms with Gasteiger partial charge in [-0.1, -0.05) is 0 Å². The Balaban J connectivity index is 2.91. The molecule has 2 aromatic heterocycles. The van der Waals surface area contributed by atoms with Gasteiger partial charge in [-0.2, -0.15) is 4.98 Å². The smallest absolute Gasteiger partial charge is 0.265 e. The van der Waals surface area contributed by atoms with Crippen LogP contribution in [-0.2, 0) is 5.11 Å². The zero-order chi connectivity index (χ0) is 7.68. The van der Waals surface area contributed by atoms with E-state index in [0.29, 0.717) is 5.65 Å². The van der Waals surface area contributed by atoms with Crippen LogP contribution in [0.2, 0.25) is 0 Å². The van der Waals surface area contributed by atoms with E-state index in [1.54, 1.807) is 0 Å². The van der Waals surface area contributed by atoms with Crippen molar-refractivity contribution in [2.24, 2.45) is 0 Å². The summed E-state index contributed by atoms with van der Waals surface area (Å²) in [5, 5.41) is 10.9. The monoisotopic (exact) mass is 147 g/mol. The number of fused-ring (bicyclic) bond motifs is 1. The first-order valence-electron chi connectivity index (χ1n) is 2.96. The summed E-state index contributed by atoms with van der Waals surface area (Å²) >= 11 is 0. The Kier molecular flexibility index (Phi) is 1.15. The van der Waals surface area contributed by atoms with E-state index < -0.39 is 0 Å². The molecule has 5 heteroatoms. The van der Waals surface area contributed by atoms with E-state index in [0.717, 1.165) is 0 Å². The number of nitrogens with zero attached hydrogens (tertiary/aromatic N) is 4. The van der Waals surface area contributed by atoms with Gasteiger partial charge in [0, 0.05) is 12.4 Å². The van der Waals surface area contributed by atoms with Crippen LogP contribution in [0.1, 0.15) is 0 Å². The highest BCUT2D eigenvalue weighted by Gasteiger charge is 2.03. The minimum absolute atomic E-state index is 0.218. The summed E-state index contributed by atoms with van der Waals surface area (Å²) in [4.78, 5) is 14.8. The highest BCUT2D eigenvalue weighted by molar-refractivity contribution is 5.73. The first kappa shape index (κ1) is 5.96. The molecule has 0 aliphatic rings. The van der Waals surface area contributed by atoms with Crippen molar-refractivity contribution < 1.29 is 5.11 Å². The van der Waals surface area contributed by atoms with Crippen LogP contribution >= 0.6 is 0 Å². The fraction of sp³-hybridized carbons (Fsp3) is 0. The average Bonchev–Trinajstić information content (AvgIpc) is 2.06. The fourth-order valence-electron chi connectivity index (χ4n) is 0.773. The Bertz CT molecular complexity index is 384. The lowest BCUT2D eigenvalue weighted by Crippen LogP contribution is -1.87. The van der Waals surface area contributed by atoms with Gasteiger partial charge in [0.05, 0.1) is 0 Å². The Hall–Kier alpha value is -1.78. The normalized spacial score (nSPS) is 10.2. The van der Waals surface area contributed by atoms with E-state index in [9.17, 15) is 5.11 Å². The molecule has 2 rings (SSSR count). The van der Waals surface area contributed by atoms with Crippen LogP contribution in [0.15, 0.2) is 18.7 Å². The van der Waals surface area contributed by atoms with Crippen LogP contribution in [0, 0.1) is 0 Å². The van der Waals surface area contributed by atoms with Crippen molar-refractivity contribution in [3.05, 3.63) is 18.7 Å². The van der Waals surface area contributed by atoms with Crippen molar-refractivity contribution in [2.45, 2.75) is 0 Å². The van der Waals surface area contributed by atoms with Crippen LogP contribution < -0.4 is 0 Å². The highest BCUT2D eigenvalue weighted by atomic mass is 16.3. The lowest BCUT2D eigenvalue weighted by Gasteiger charge is -1.91. The van der Waals surface area contributed by atoms with E-state index in [4.69, 9.17) is 0 Å². The first-order chi connectivity index (χ1) is 5.38. The second-order valence-electron chi connectivity index (χ2n) is 1.91. The minimum Gasteiger partial charge on any atom is -0.265 e. The number of aromatic nitrogens is 4. The second kappa shape index (κ2) is 2.12. The molecule has 0 aromatic carbocycles. The van der Waals surface area contributed by atoms with Crippen molar-refractivity contribution in [3.63, 3.8) is 0 Å². The highest BCUT2D eigenvalue weighted by Crippen LogP contribution is 2.13. The Morgan fingerprint density at radius 1 is 1.00 bits per heavy atom. The summed E-state index contributed by atoms with van der Waals surface area (Å²) in [5.41, 5.74) is 0.558. The van der Waals surface area contributed by atoms with Crippen LogP contribution in [-0.4, -0.2) is 19.9 Å². The molecule has 0 bridgehead atoms. The van der Waals surface area contributed by atoms with Gasteiger partial charge < -0.3 is 0 Å². The maximum atomic E-state index is 10.9. The van der Waals surface area contributed by atoms with Crippen LogP contribution in [0.5, 0.6) is 5.88 Å². The van der Waals surface area contributed by atoms with Gasteiger partial charge in [-0.05, 0) is 0 Å². The van der Waals surface area contributed by atoms with Gasteiger partial charge in [0.15, 0.2) is 11.2 Å². The molecule has 0 amide bonds. The molecule has 5 nitrogen and oxygen atoms in total. The predicted octanol–water partition coefficient (Wildman–Crippen LogP) is 0.564. The van der Waals surface area contributed by atoms with Crippen LogP contribution in [0.4, 0.5) is 0 Å². The quantitative estimate of drug-likeness (QED) is 0.545. The predicted molar refractivity (Wildman–Crippen MR) is 35.3 cm³/mol. The third kappa shape index (κ3) is 0.861. The van der Waals surface area contributed by atoms with Crippen LogP contribution in [0.25, 0.3) is 11.2 Å². The molecule has 0 saturated carbocycles. The van der Waals surface area contributed by atoms with E-state index in [1.807, 2.05) is 0 Å². The molecule has 0 aliphatic carbocycles. The topological polar surface area (TPSA) is 71.5 Å². The van der Waals surface area contributed by atoms with Gasteiger partial charge in [0.2, 0.25) is 0 Å². The summed E-state index contributed by atoms with van der Waals surface area (Å²) in [6, 6.07) is 0. The van der Waals surface area contributed by atoms with Gasteiger partial charge in [-0.3, -0.25) is 5.11 Å². The molecule has 2 heterocycles. The average molecular weight is 147 g/mol. The zero-order valence-electron chi connectivity index (χ0n) is 5.43. The van der Waals surface area contributed by atoms with Gasteiger partial charge in [0.25, 0.3) is 0 Å². The number of rotatable bonds is 0. The summed E-state index contributed by atoms with van der Waals surface area (Å²) in [6.07, 6.45) is 4.10. The van der Waals surface area contributed by atoms with E-state index in [-0.39, 0.29) is 11.4 Å². The molecule has 0 spiro atoms. The molecule has 0 aliphatic heterocycles.